The third-order valence-electron chi connectivity index (χ3n) is 6.70. The number of hydrazone groups is 2. The van der Waals surface area contributed by atoms with E-state index in [2.05, 4.69) is 15.5 Å². The number of hydrogen-bond donors (Lipinski definition) is 1. The molecule has 186 valence electrons. The molecule has 0 saturated carbocycles. The number of benzene rings is 3. The Morgan fingerprint density at radius 2 is 1.16 bits per heavy atom. The van der Waals surface area contributed by atoms with Crippen molar-refractivity contribution in [2.75, 3.05) is 15.3 Å². The molecule has 1 N–H and O–H groups in total. The Labute approximate surface area is 215 Å². The molecular formula is C29H27N5O3. The zero-order valence-electron chi connectivity index (χ0n) is 20.8. The molecular weight excluding hydrogens is 466 g/mol. The van der Waals surface area contributed by atoms with Crippen LogP contribution in [0.2, 0.25) is 0 Å². The maximum atomic E-state index is 13.9. The lowest BCUT2D eigenvalue weighted by atomic mass is 9.73. The lowest BCUT2D eigenvalue weighted by molar-refractivity contribution is -0.122. The lowest BCUT2D eigenvalue weighted by Crippen LogP contribution is -2.40. The molecule has 2 atom stereocenters. The average Bonchev–Trinajstić information content (AvgIpc) is 3.36. The molecule has 2 aliphatic heterocycles. The number of amides is 3. The fourth-order valence-electron chi connectivity index (χ4n) is 5.06. The number of carbonyl (C=O) groups is 3. The first-order valence-corrected chi connectivity index (χ1v) is 12.1. The molecule has 0 spiro atoms. The summed E-state index contributed by atoms with van der Waals surface area (Å²) in [4.78, 5) is 39.2. The zero-order valence-corrected chi connectivity index (χ0v) is 20.8. The molecule has 0 aromatic heterocycles. The molecule has 2 heterocycles. The van der Waals surface area contributed by atoms with Crippen LogP contribution < -0.4 is 15.3 Å². The minimum Gasteiger partial charge on any atom is -0.326 e. The smallest absolute Gasteiger partial charge is 0.256 e. The topological polar surface area (TPSA) is 94.4 Å². The first kappa shape index (κ1) is 24.1. The summed E-state index contributed by atoms with van der Waals surface area (Å²) < 4.78 is 0. The molecule has 2 unspecified atom stereocenters. The van der Waals surface area contributed by atoms with Crippen LogP contribution >= 0.6 is 0 Å². The second-order valence-electron chi connectivity index (χ2n) is 9.24. The van der Waals surface area contributed by atoms with E-state index < -0.39 is 17.8 Å². The Bertz CT molecular complexity index is 1320. The Balaban J connectivity index is 1.56. The largest absolute Gasteiger partial charge is 0.326 e. The minimum absolute atomic E-state index is 0.177. The minimum atomic E-state index is -0.665. The summed E-state index contributed by atoms with van der Waals surface area (Å²) in [6.07, 6.45) is 0. The van der Waals surface area contributed by atoms with Gasteiger partial charge in [0, 0.05) is 30.0 Å². The first-order valence-electron chi connectivity index (χ1n) is 12.1. The highest BCUT2D eigenvalue weighted by Gasteiger charge is 2.50. The van der Waals surface area contributed by atoms with Crippen LogP contribution in [0.1, 0.15) is 32.3 Å². The number of hydrogen-bond acceptors (Lipinski definition) is 5. The quantitative estimate of drug-likeness (QED) is 0.534. The van der Waals surface area contributed by atoms with E-state index in [4.69, 9.17) is 0 Å². The van der Waals surface area contributed by atoms with Crippen molar-refractivity contribution in [3.8, 4) is 0 Å². The van der Waals surface area contributed by atoms with Crippen molar-refractivity contribution in [2.45, 2.75) is 26.7 Å². The van der Waals surface area contributed by atoms with Crippen LogP contribution in [0.15, 0.2) is 95.1 Å². The molecule has 8 heteroatoms. The van der Waals surface area contributed by atoms with Crippen LogP contribution in [0.25, 0.3) is 0 Å². The van der Waals surface area contributed by atoms with Gasteiger partial charge in [-0.1, -0.05) is 48.5 Å². The molecule has 3 aromatic rings. The Kier molecular flexibility index (Phi) is 6.40. The number of carbonyl (C=O) groups excluding carboxylic acids is 3. The third kappa shape index (κ3) is 4.53. The van der Waals surface area contributed by atoms with Gasteiger partial charge in [-0.15, -0.1) is 0 Å². The number of nitrogens with zero attached hydrogens (tertiary/aromatic N) is 4. The molecule has 0 fully saturated rings. The van der Waals surface area contributed by atoms with Crippen LogP contribution in [0, 0.1) is 11.8 Å². The highest BCUT2D eigenvalue weighted by Crippen LogP contribution is 2.42. The van der Waals surface area contributed by atoms with Gasteiger partial charge in [0.05, 0.1) is 23.2 Å². The summed E-state index contributed by atoms with van der Waals surface area (Å²) in [5.74, 6) is -2.44. The van der Waals surface area contributed by atoms with Gasteiger partial charge in [-0.05, 0) is 55.8 Å². The summed E-state index contributed by atoms with van der Waals surface area (Å²) in [5, 5.41) is 14.8. The normalized spacial score (nSPS) is 20.1. The van der Waals surface area contributed by atoms with Crippen molar-refractivity contribution in [2.24, 2.45) is 22.0 Å². The maximum absolute atomic E-state index is 13.9. The number of para-hydroxylation sites is 2. The number of rotatable bonds is 6. The van der Waals surface area contributed by atoms with Gasteiger partial charge in [0.25, 0.3) is 11.8 Å². The second-order valence-corrected chi connectivity index (χ2v) is 9.24. The molecule has 0 bridgehead atoms. The fraction of sp³-hybridized carbons (Fsp3) is 0.207. The predicted octanol–water partition coefficient (Wildman–Crippen LogP) is 4.81. The first-order chi connectivity index (χ1) is 17.8. The molecule has 37 heavy (non-hydrogen) atoms. The van der Waals surface area contributed by atoms with E-state index in [1.54, 1.807) is 12.1 Å². The predicted molar refractivity (Wildman–Crippen MR) is 145 cm³/mol. The van der Waals surface area contributed by atoms with Gasteiger partial charge in [-0.2, -0.15) is 10.2 Å². The molecule has 0 saturated heterocycles. The standard InChI is InChI=1S/C29H27N5O3/c1-18-25(28(36)33(31-18)23-10-6-4-7-11-23)27(21-14-16-22(17-15-21)30-20(3)35)26-19(2)32-34(29(26)37)24-12-8-5-9-13-24/h4-17,25-27H,1-3H3,(H,30,35). The molecule has 3 amide bonds. The number of anilines is 3. The van der Waals surface area contributed by atoms with Crippen molar-refractivity contribution in [3.63, 3.8) is 0 Å². The van der Waals surface area contributed by atoms with E-state index in [1.807, 2.05) is 86.6 Å². The van der Waals surface area contributed by atoms with Crippen molar-refractivity contribution >= 4 is 46.2 Å². The van der Waals surface area contributed by atoms with Crippen molar-refractivity contribution in [1.29, 1.82) is 0 Å². The average molecular weight is 494 g/mol. The SMILES string of the molecule is CC(=O)Nc1ccc(C(C2C(=O)N(c3ccccc3)N=C2C)C2C(=O)N(c3ccccc3)N=C2C)cc1. The van der Waals surface area contributed by atoms with Crippen LogP contribution in [0.5, 0.6) is 0 Å². The highest BCUT2D eigenvalue weighted by atomic mass is 16.2. The Hall–Kier alpha value is -4.59. The molecule has 2 aliphatic rings. The summed E-state index contributed by atoms with van der Waals surface area (Å²) in [6, 6.07) is 25.8. The van der Waals surface area contributed by atoms with Gasteiger partial charge in [-0.3, -0.25) is 14.4 Å². The van der Waals surface area contributed by atoms with E-state index in [0.717, 1.165) is 5.56 Å². The lowest BCUT2D eigenvalue weighted by Gasteiger charge is -2.29. The highest BCUT2D eigenvalue weighted by molar-refractivity contribution is 6.19. The maximum Gasteiger partial charge on any atom is 0.256 e. The van der Waals surface area contributed by atoms with E-state index >= 15 is 0 Å². The molecule has 5 rings (SSSR count). The van der Waals surface area contributed by atoms with Crippen LogP contribution in [-0.4, -0.2) is 29.1 Å². The zero-order chi connectivity index (χ0) is 26.1. The molecule has 8 nitrogen and oxygen atoms in total. The second kappa shape index (κ2) is 9.81. The van der Waals surface area contributed by atoms with Crippen LogP contribution in [-0.2, 0) is 14.4 Å². The summed E-state index contributed by atoms with van der Waals surface area (Å²) in [7, 11) is 0. The molecule has 3 aromatic carbocycles. The monoisotopic (exact) mass is 493 g/mol. The summed E-state index contributed by atoms with van der Waals surface area (Å²) in [6.45, 7) is 5.09. The van der Waals surface area contributed by atoms with Crippen LogP contribution in [0.3, 0.4) is 0 Å². The van der Waals surface area contributed by atoms with Gasteiger partial charge in [-0.25, -0.2) is 10.0 Å². The van der Waals surface area contributed by atoms with Gasteiger partial charge in [0.15, 0.2) is 0 Å². The van der Waals surface area contributed by atoms with E-state index in [9.17, 15) is 14.4 Å². The van der Waals surface area contributed by atoms with Gasteiger partial charge in [0.2, 0.25) is 5.91 Å². The fourth-order valence-corrected chi connectivity index (χ4v) is 5.06. The van der Waals surface area contributed by atoms with E-state index in [-0.39, 0.29) is 17.7 Å². The van der Waals surface area contributed by atoms with Gasteiger partial charge >= 0.3 is 0 Å². The van der Waals surface area contributed by atoms with Crippen molar-refractivity contribution < 1.29 is 14.4 Å². The number of nitrogens with one attached hydrogen (secondary N) is 1. The molecule has 0 radical (unpaired) electrons. The summed E-state index contributed by atoms with van der Waals surface area (Å²) >= 11 is 0. The Morgan fingerprint density at radius 3 is 1.57 bits per heavy atom. The van der Waals surface area contributed by atoms with Crippen molar-refractivity contribution in [1.82, 2.24) is 0 Å². The Morgan fingerprint density at radius 1 is 0.730 bits per heavy atom. The van der Waals surface area contributed by atoms with Crippen molar-refractivity contribution in [3.05, 3.63) is 90.5 Å². The van der Waals surface area contributed by atoms with E-state index in [0.29, 0.717) is 28.5 Å². The van der Waals surface area contributed by atoms with Gasteiger partial charge < -0.3 is 5.32 Å². The van der Waals surface area contributed by atoms with Crippen LogP contribution in [0.4, 0.5) is 17.1 Å². The molecule has 0 aliphatic carbocycles. The third-order valence-corrected chi connectivity index (χ3v) is 6.70. The summed E-state index contributed by atoms with van der Waals surface area (Å²) in [5.41, 5.74) is 4.02. The van der Waals surface area contributed by atoms with E-state index in [1.165, 1.54) is 16.9 Å². The van der Waals surface area contributed by atoms with Gasteiger partial charge in [0.1, 0.15) is 0 Å².